The van der Waals surface area contributed by atoms with Gasteiger partial charge in [-0.1, -0.05) is 18.7 Å². The monoisotopic (exact) mass is 274 g/mol. The number of benzene rings is 1. The zero-order valence-electron chi connectivity index (χ0n) is 11.7. The van der Waals surface area contributed by atoms with Crippen LogP contribution in [0.1, 0.15) is 24.3 Å². The Bertz CT molecular complexity index is 554. The third-order valence-electron chi connectivity index (χ3n) is 3.58. The van der Waals surface area contributed by atoms with Gasteiger partial charge in [-0.15, -0.1) is 0 Å². The molecule has 0 spiro atoms. The summed E-state index contributed by atoms with van der Waals surface area (Å²) in [6.07, 6.45) is 1.07. The molecule has 0 saturated heterocycles. The van der Waals surface area contributed by atoms with E-state index in [-0.39, 0.29) is 11.7 Å². The molecule has 0 bridgehead atoms. The van der Waals surface area contributed by atoms with Gasteiger partial charge in [0.25, 0.3) is 0 Å². The zero-order valence-corrected chi connectivity index (χ0v) is 11.7. The molecular formula is C16H18O4. The molecule has 1 aliphatic carbocycles. The van der Waals surface area contributed by atoms with Crippen molar-refractivity contribution < 1.29 is 19.4 Å². The molecule has 2 rings (SSSR count). The Kier molecular flexibility index (Phi) is 4.13. The molecule has 4 nitrogen and oxygen atoms in total. The molecule has 0 heterocycles. The number of esters is 1. The average molecular weight is 274 g/mol. The molecule has 1 N–H and O–H groups in total. The molecule has 1 aromatic rings. The highest BCUT2D eigenvalue weighted by molar-refractivity contribution is 5.90. The van der Waals surface area contributed by atoms with Gasteiger partial charge in [0.1, 0.15) is 11.5 Å². The van der Waals surface area contributed by atoms with Gasteiger partial charge in [-0.25, -0.2) is 4.79 Å². The van der Waals surface area contributed by atoms with Crippen molar-refractivity contribution >= 4 is 5.97 Å². The minimum Gasteiger partial charge on any atom is -0.507 e. The second kappa shape index (κ2) is 5.82. The second-order valence-electron chi connectivity index (χ2n) is 4.80. The number of hydrogen-bond acceptors (Lipinski definition) is 4. The number of aliphatic hydroxyl groups excluding tert-OH is 1. The maximum atomic E-state index is 11.7. The van der Waals surface area contributed by atoms with E-state index in [1.54, 1.807) is 7.11 Å². The molecule has 0 amide bonds. The van der Waals surface area contributed by atoms with Crippen molar-refractivity contribution in [2.75, 3.05) is 14.2 Å². The van der Waals surface area contributed by atoms with E-state index in [4.69, 9.17) is 9.47 Å². The molecule has 0 fully saturated rings. The number of hydrogen-bond donors (Lipinski definition) is 1. The lowest BCUT2D eigenvalue weighted by molar-refractivity contribution is -0.136. The van der Waals surface area contributed by atoms with Gasteiger partial charge in [-0.3, -0.25) is 0 Å². The van der Waals surface area contributed by atoms with Crippen molar-refractivity contribution in [2.45, 2.75) is 18.8 Å². The van der Waals surface area contributed by atoms with Crippen LogP contribution in [-0.4, -0.2) is 25.3 Å². The van der Waals surface area contributed by atoms with Crippen molar-refractivity contribution in [1.29, 1.82) is 0 Å². The van der Waals surface area contributed by atoms with E-state index in [9.17, 15) is 9.90 Å². The summed E-state index contributed by atoms with van der Waals surface area (Å²) in [6, 6.07) is 7.70. The van der Waals surface area contributed by atoms with Crippen molar-refractivity contribution in [3.05, 3.63) is 53.3 Å². The van der Waals surface area contributed by atoms with Crippen molar-refractivity contribution in [3.8, 4) is 5.75 Å². The minimum absolute atomic E-state index is 0.0263. The molecule has 20 heavy (non-hydrogen) atoms. The number of carbonyl (C=O) groups is 1. The predicted octanol–water partition coefficient (Wildman–Crippen LogP) is 3.11. The summed E-state index contributed by atoms with van der Waals surface area (Å²) in [5, 5.41) is 9.95. The highest BCUT2D eigenvalue weighted by atomic mass is 16.5. The fourth-order valence-corrected chi connectivity index (χ4v) is 2.44. The normalized spacial score (nSPS) is 18.9. The minimum atomic E-state index is -0.498. The van der Waals surface area contributed by atoms with Gasteiger partial charge < -0.3 is 14.6 Å². The number of rotatable bonds is 3. The summed E-state index contributed by atoms with van der Waals surface area (Å²) in [4.78, 5) is 11.7. The Hall–Kier alpha value is -2.23. The standard InChI is InChI=1S/C16H18O4/c1-10-8-12(9-14(15(10)17)16(18)20-3)11-4-6-13(19-2)7-5-11/h4-7,12,17H,1,8-9H2,2-3H3/t12-/m1/s1. The fourth-order valence-electron chi connectivity index (χ4n) is 2.44. The van der Waals surface area contributed by atoms with Crippen LogP contribution in [0.2, 0.25) is 0 Å². The number of methoxy groups -OCH3 is 2. The molecule has 0 radical (unpaired) electrons. The Balaban J connectivity index is 2.27. The average Bonchev–Trinajstić information content (AvgIpc) is 2.49. The van der Waals surface area contributed by atoms with Gasteiger partial charge >= 0.3 is 5.97 Å². The molecule has 4 heteroatoms. The highest BCUT2D eigenvalue weighted by Gasteiger charge is 2.29. The third kappa shape index (κ3) is 2.69. The van der Waals surface area contributed by atoms with Crippen LogP contribution >= 0.6 is 0 Å². The fraction of sp³-hybridized carbons (Fsp3) is 0.312. The third-order valence-corrected chi connectivity index (χ3v) is 3.58. The first-order chi connectivity index (χ1) is 9.56. The molecule has 0 saturated carbocycles. The summed E-state index contributed by atoms with van der Waals surface area (Å²) in [7, 11) is 2.93. The molecule has 1 aromatic carbocycles. The van der Waals surface area contributed by atoms with Gasteiger partial charge in [0, 0.05) is 0 Å². The van der Waals surface area contributed by atoms with E-state index in [0.717, 1.165) is 11.3 Å². The van der Waals surface area contributed by atoms with Gasteiger partial charge in [0.05, 0.1) is 19.8 Å². The SMILES string of the molecule is C=C1C[C@@H](c2ccc(OC)cc2)CC(C(=O)OC)=C1O. The maximum Gasteiger partial charge on any atom is 0.337 e. The summed E-state index contributed by atoms with van der Waals surface area (Å²) in [6.45, 7) is 3.83. The van der Waals surface area contributed by atoms with Crippen LogP contribution in [0.15, 0.2) is 47.7 Å². The lowest BCUT2D eigenvalue weighted by Gasteiger charge is -2.25. The lowest BCUT2D eigenvalue weighted by Crippen LogP contribution is -2.18. The summed E-state index contributed by atoms with van der Waals surface area (Å²) >= 11 is 0. The number of aliphatic hydroxyl groups is 1. The Morgan fingerprint density at radius 3 is 2.45 bits per heavy atom. The van der Waals surface area contributed by atoms with Crippen LogP contribution < -0.4 is 4.74 Å². The summed E-state index contributed by atoms with van der Waals surface area (Å²) < 4.78 is 9.84. The molecular weight excluding hydrogens is 256 g/mol. The highest BCUT2D eigenvalue weighted by Crippen LogP contribution is 2.38. The van der Waals surface area contributed by atoms with Gasteiger partial charge in [-0.05, 0) is 42.0 Å². The van der Waals surface area contributed by atoms with E-state index in [1.807, 2.05) is 24.3 Å². The topological polar surface area (TPSA) is 55.8 Å². The van der Waals surface area contributed by atoms with E-state index >= 15 is 0 Å². The van der Waals surface area contributed by atoms with Gasteiger partial charge in [0.2, 0.25) is 0 Å². The van der Waals surface area contributed by atoms with Crippen molar-refractivity contribution in [3.63, 3.8) is 0 Å². The van der Waals surface area contributed by atoms with E-state index in [1.165, 1.54) is 7.11 Å². The molecule has 0 aromatic heterocycles. The Labute approximate surface area is 118 Å². The Morgan fingerprint density at radius 1 is 1.25 bits per heavy atom. The van der Waals surface area contributed by atoms with E-state index in [0.29, 0.717) is 24.0 Å². The molecule has 1 atom stereocenters. The summed E-state index contributed by atoms with van der Waals surface area (Å²) in [5.74, 6) is 0.372. The second-order valence-corrected chi connectivity index (χ2v) is 4.80. The van der Waals surface area contributed by atoms with Crippen LogP contribution in [0.4, 0.5) is 0 Å². The lowest BCUT2D eigenvalue weighted by atomic mass is 9.81. The van der Waals surface area contributed by atoms with Crippen LogP contribution in [0.25, 0.3) is 0 Å². The molecule has 106 valence electrons. The maximum absolute atomic E-state index is 11.7. The van der Waals surface area contributed by atoms with Crippen molar-refractivity contribution in [2.24, 2.45) is 0 Å². The first-order valence-corrected chi connectivity index (χ1v) is 6.39. The molecule has 1 aliphatic rings. The van der Waals surface area contributed by atoms with Crippen LogP contribution in [-0.2, 0) is 9.53 Å². The van der Waals surface area contributed by atoms with Gasteiger partial charge in [-0.2, -0.15) is 0 Å². The number of ether oxygens (including phenoxy) is 2. The number of carbonyl (C=O) groups excluding carboxylic acids is 1. The predicted molar refractivity (Wildman–Crippen MR) is 75.8 cm³/mol. The van der Waals surface area contributed by atoms with E-state index < -0.39 is 5.97 Å². The van der Waals surface area contributed by atoms with Crippen LogP contribution in [0.5, 0.6) is 5.75 Å². The number of allylic oxidation sites excluding steroid dienone is 1. The summed E-state index contributed by atoms with van der Waals surface area (Å²) in [5.41, 5.74) is 1.95. The smallest absolute Gasteiger partial charge is 0.337 e. The van der Waals surface area contributed by atoms with Crippen LogP contribution in [0, 0.1) is 0 Å². The first kappa shape index (κ1) is 14.2. The largest absolute Gasteiger partial charge is 0.507 e. The zero-order chi connectivity index (χ0) is 14.7. The Morgan fingerprint density at radius 2 is 1.90 bits per heavy atom. The van der Waals surface area contributed by atoms with Gasteiger partial charge in [0.15, 0.2) is 0 Å². The van der Waals surface area contributed by atoms with E-state index in [2.05, 4.69) is 6.58 Å². The molecule has 0 aliphatic heterocycles. The molecule has 0 unspecified atom stereocenters. The quantitative estimate of drug-likeness (QED) is 0.860. The first-order valence-electron chi connectivity index (χ1n) is 6.39. The van der Waals surface area contributed by atoms with Crippen LogP contribution in [0.3, 0.4) is 0 Å². The van der Waals surface area contributed by atoms with Crippen molar-refractivity contribution in [1.82, 2.24) is 0 Å².